The van der Waals surface area contributed by atoms with Crippen molar-refractivity contribution in [3.63, 3.8) is 0 Å². The molecular formula is C12H17BrN2O3. The molecule has 0 bridgehead atoms. The van der Waals surface area contributed by atoms with Crippen LogP contribution in [0.15, 0.2) is 15.5 Å². The molecule has 1 rings (SSSR count). The maximum absolute atomic E-state index is 11.8. The predicted octanol–water partition coefficient (Wildman–Crippen LogP) is 1.34. The molecule has 0 aliphatic carbocycles. The Labute approximate surface area is 114 Å². The summed E-state index contributed by atoms with van der Waals surface area (Å²) < 4.78 is 0.365. The van der Waals surface area contributed by atoms with E-state index in [0.29, 0.717) is 29.6 Å². The van der Waals surface area contributed by atoms with Crippen molar-refractivity contribution < 1.29 is 9.90 Å². The largest absolute Gasteiger partial charge is 0.393 e. The van der Waals surface area contributed by atoms with E-state index in [9.17, 15) is 14.7 Å². The van der Waals surface area contributed by atoms with Gasteiger partial charge in [0.1, 0.15) is 5.56 Å². The van der Waals surface area contributed by atoms with Crippen molar-refractivity contribution in [1.29, 1.82) is 0 Å². The standard InChI is InChI=1S/C12H17BrN2O3/c1-3-8(16)4-5-14-12(18)9-6-15-7(2)10(13)11(9)17/h6,8,16H,3-5H2,1-2H3,(H,14,18)(H,15,17). The second-order valence-corrected chi connectivity index (χ2v) is 4.87. The van der Waals surface area contributed by atoms with Gasteiger partial charge in [0.2, 0.25) is 5.43 Å². The van der Waals surface area contributed by atoms with Gasteiger partial charge in [-0.15, -0.1) is 0 Å². The van der Waals surface area contributed by atoms with Crippen molar-refractivity contribution in [2.75, 3.05) is 6.54 Å². The molecule has 5 nitrogen and oxygen atoms in total. The number of nitrogens with one attached hydrogen (secondary N) is 2. The molecular weight excluding hydrogens is 300 g/mol. The highest BCUT2D eigenvalue weighted by Crippen LogP contribution is 2.08. The van der Waals surface area contributed by atoms with Gasteiger partial charge in [-0.05, 0) is 35.7 Å². The van der Waals surface area contributed by atoms with E-state index in [0.717, 1.165) is 0 Å². The summed E-state index contributed by atoms with van der Waals surface area (Å²) in [6, 6.07) is 0. The number of hydrogen-bond acceptors (Lipinski definition) is 3. The number of aliphatic hydroxyl groups is 1. The number of aliphatic hydroxyl groups excluding tert-OH is 1. The number of rotatable bonds is 5. The van der Waals surface area contributed by atoms with Crippen molar-refractivity contribution >= 4 is 21.8 Å². The number of amides is 1. The van der Waals surface area contributed by atoms with E-state index < -0.39 is 12.0 Å². The molecule has 0 radical (unpaired) electrons. The number of carbonyl (C=O) groups is 1. The number of aromatic nitrogens is 1. The van der Waals surface area contributed by atoms with Crippen LogP contribution in [0.1, 0.15) is 35.8 Å². The normalized spacial score (nSPS) is 12.2. The summed E-state index contributed by atoms with van der Waals surface area (Å²) >= 11 is 3.14. The number of hydrogen-bond donors (Lipinski definition) is 3. The Morgan fingerprint density at radius 2 is 2.28 bits per heavy atom. The maximum atomic E-state index is 11.8. The lowest BCUT2D eigenvalue weighted by Gasteiger charge is -2.09. The Hall–Kier alpha value is -1.14. The highest BCUT2D eigenvalue weighted by atomic mass is 79.9. The summed E-state index contributed by atoms with van der Waals surface area (Å²) in [6.07, 6.45) is 2.10. The first-order valence-corrected chi connectivity index (χ1v) is 6.60. The zero-order valence-corrected chi connectivity index (χ0v) is 12.0. The van der Waals surface area contributed by atoms with E-state index >= 15 is 0 Å². The number of pyridine rings is 1. The number of halogens is 1. The lowest BCUT2D eigenvalue weighted by molar-refractivity contribution is 0.0940. The van der Waals surface area contributed by atoms with Crippen molar-refractivity contribution in [3.05, 3.63) is 32.2 Å². The minimum atomic E-state index is -0.430. The molecule has 1 heterocycles. The fourth-order valence-corrected chi connectivity index (χ4v) is 1.75. The van der Waals surface area contributed by atoms with Crippen molar-refractivity contribution in [3.8, 4) is 0 Å². The van der Waals surface area contributed by atoms with E-state index in [2.05, 4.69) is 26.2 Å². The Bertz CT molecular complexity index is 485. The third-order valence-electron chi connectivity index (χ3n) is 2.69. The molecule has 1 aromatic rings. The van der Waals surface area contributed by atoms with E-state index in [4.69, 9.17) is 0 Å². The molecule has 1 aromatic heterocycles. The van der Waals surface area contributed by atoms with Crippen molar-refractivity contribution in [2.45, 2.75) is 32.8 Å². The van der Waals surface area contributed by atoms with Crippen LogP contribution in [0.25, 0.3) is 0 Å². The maximum Gasteiger partial charge on any atom is 0.256 e. The lowest BCUT2D eigenvalue weighted by Crippen LogP contribution is -2.31. The predicted molar refractivity (Wildman–Crippen MR) is 72.7 cm³/mol. The number of aromatic amines is 1. The van der Waals surface area contributed by atoms with Gasteiger partial charge in [-0.3, -0.25) is 9.59 Å². The number of aryl methyl sites for hydroxylation is 1. The minimum Gasteiger partial charge on any atom is -0.393 e. The number of H-pyrrole nitrogens is 1. The Morgan fingerprint density at radius 3 is 2.89 bits per heavy atom. The van der Waals surface area contributed by atoms with Gasteiger partial charge in [-0.25, -0.2) is 0 Å². The van der Waals surface area contributed by atoms with Gasteiger partial charge < -0.3 is 15.4 Å². The van der Waals surface area contributed by atoms with Crippen LogP contribution in [-0.2, 0) is 0 Å². The molecule has 0 saturated carbocycles. The van der Waals surface area contributed by atoms with Gasteiger partial charge in [0.25, 0.3) is 5.91 Å². The van der Waals surface area contributed by atoms with Crippen LogP contribution in [0.2, 0.25) is 0 Å². The zero-order chi connectivity index (χ0) is 13.7. The third kappa shape index (κ3) is 3.68. The first-order chi connectivity index (χ1) is 8.47. The number of carbonyl (C=O) groups excluding carboxylic acids is 1. The average Bonchev–Trinajstić information content (AvgIpc) is 2.35. The first kappa shape index (κ1) is 14.9. The molecule has 0 spiro atoms. The molecule has 0 aliphatic heterocycles. The highest BCUT2D eigenvalue weighted by Gasteiger charge is 2.13. The van der Waals surface area contributed by atoms with Gasteiger partial charge in [0, 0.05) is 18.4 Å². The van der Waals surface area contributed by atoms with Crippen LogP contribution < -0.4 is 10.7 Å². The van der Waals surface area contributed by atoms with Crippen LogP contribution >= 0.6 is 15.9 Å². The molecule has 0 fully saturated rings. The van der Waals surface area contributed by atoms with E-state index in [-0.39, 0.29) is 11.0 Å². The van der Waals surface area contributed by atoms with Crippen LogP contribution in [0.4, 0.5) is 0 Å². The fourth-order valence-electron chi connectivity index (χ4n) is 1.42. The molecule has 0 aromatic carbocycles. The zero-order valence-electron chi connectivity index (χ0n) is 10.4. The van der Waals surface area contributed by atoms with Gasteiger partial charge in [0.15, 0.2) is 0 Å². The summed E-state index contributed by atoms with van der Waals surface area (Å²) in [7, 11) is 0. The lowest BCUT2D eigenvalue weighted by atomic mass is 10.2. The summed E-state index contributed by atoms with van der Waals surface area (Å²) in [5.74, 6) is -0.430. The Morgan fingerprint density at radius 1 is 1.61 bits per heavy atom. The van der Waals surface area contributed by atoms with Crippen molar-refractivity contribution in [2.24, 2.45) is 0 Å². The monoisotopic (exact) mass is 316 g/mol. The molecule has 1 atom stereocenters. The molecule has 3 N–H and O–H groups in total. The quantitative estimate of drug-likeness (QED) is 0.766. The molecule has 18 heavy (non-hydrogen) atoms. The first-order valence-electron chi connectivity index (χ1n) is 5.81. The molecule has 6 heteroatoms. The smallest absolute Gasteiger partial charge is 0.256 e. The van der Waals surface area contributed by atoms with Crippen LogP contribution in [0.3, 0.4) is 0 Å². The third-order valence-corrected chi connectivity index (χ3v) is 3.64. The Balaban J connectivity index is 2.68. The Kier molecular flexibility index (Phi) is 5.55. The highest BCUT2D eigenvalue weighted by molar-refractivity contribution is 9.10. The summed E-state index contributed by atoms with van der Waals surface area (Å²) in [5, 5.41) is 12.0. The van der Waals surface area contributed by atoms with E-state index in [1.54, 1.807) is 6.92 Å². The van der Waals surface area contributed by atoms with Gasteiger partial charge >= 0.3 is 0 Å². The molecule has 0 saturated heterocycles. The molecule has 1 unspecified atom stereocenters. The second kappa shape index (κ2) is 6.70. The second-order valence-electron chi connectivity index (χ2n) is 4.08. The fraction of sp³-hybridized carbons (Fsp3) is 0.500. The average molecular weight is 317 g/mol. The SMILES string of the molecule is CCC(O)CCNC(=O)c1c[nH]c(C)c(Br)c1=O. The van der Waals surface area contributed by atoms with Crippen molar-refractivity contribution in [1.82, 2.24) is 10.3 Å². The van der Waals surface area contributed by atoms with Crippen LogP contribution in [-0.4, -0.2) is 28.6 Å². The van der Waals surface area contributed by atoms with Crippen LogP contribution in [0.5, 0.6) is 0 Å². The topological polar surface area (TPSA) is 82.2 Å². The minimum absolute atomic E-state index is 0.0680. The summed E-state index contributed by atoms with van der Waals surface area (Å²) in [5.41, 5.74) is 0.413. The van der Waals surface area contributed by atoms with E-state index in [1.807, 2.05) is 6.92 Å². The summed E-state index contributed by atoms with van der Waals surface area (Å²) in [6.45, 7) is 3.96. The summed E-state index contributed by atoms with van der Waals surface area (Å²) in [4.78, 5) is 26.4. The van der Waals surface area contributed by atoms with E-state index in [1.165, 1.54) is 6.20 Å². The van der Waals surface area contributed by atoms with Gasteiger partial charge in [-0.2, -0.15) is 0 Å². The molecule has 100 valence electrons. The van der Waals surface area contributed by atoms with Gasteiger partial charge in [0.05, 0.1) is 10.6 Å². The van der Waals surface area contributed by atoms with Gasteiger partial charge in [-0.1, -0.05) is 6.92 Å². The molecule has 0 aliphatic rings. The van der Waals surface area contributed by atoms with Crippen LogP contribution in [0, 0.1) is 6.92 Å². The molecule has 1 amide bonds.